The maximum atomic E-state index is 2.66. The molecule has 1 aromatic rings. The molecule has 2 aliphatic carbocycles. The Morgan fingerprint density at radius 3 is 2.57 bits per heavy atom. The smallest absolute Gasteiger partial charge is 0.0808 e. The van der Waals surface area contributed by atoms with Crippen molar-refractivity contribution < 1.29 is 0 Å². The molecule has 1 saturated carbocycles. The Labute approximate surface area is 131 Å². The van der Waals surface area contributed by atoms with Crippen molar-refractivity contribution in [3.63, 3.8) is 0 Å². The highest BCUT2D eigenvalue weighted by Gasteiger charge is 2.46. The number of allylic oxidation sites excluding steroid dienone is 4. The summed E-state index contributed by atoms with van der Waals surface area (Å²) in [7, 11) is -1.41. The normalized spacial score (nSPS) is 30.1. The van der Waals surface area contributed by atoms with Gasteiger partial charge in [0.1, 0.15) is 0 Å². The van der Waals surface area contributed by atoms with E-state index in [2.05, 4.69) is 68.1 Å². The average Bonchev–Trinajstić information content (AvgIpc) is 2.98. The molecule has 0 spiro atoms. The summed E-state index contributed by atoms with van der Waals surface area (Å²) in [6.45, 7) is 5.00. The van der Waals surface area contributed by atoms with E-state index in [0.29, 0.717) is 0 Å². The molecule has 4 unspecified atom stereocenters. The highest BCUT2D eigenvalue weighted by Crippen LogP contribution is 2.50. The molecule has 4 atom stereocenters. The first-order valence-corrected chi connectivity index (χ1v) is 11.4. The third-order valence-corrected chi connectivity index (χ3v) is 11.2. The van der Waals surface area contributed by atoms with Crippen molar-refractivity contribution in [3.05, 3.63) is 54.6 Å². The molecular formula is C20H28Si. The van der Waals surface area contributed by atoms with Gasteiger partial charge < -0.3 is 0 Å². The molecule has 21 heavy (non-hydrogen) atoms. The number of hydrogen-bond donors (Lipinski definition) is 0. The van der Waals surface area contributed by atoms with E-state index in [4.69, 9.17) is 0 Å². The number of benzene rings is 1. The van der Waals surface area contributed by atoms with Gasteiger partial charge in [0.25, 0.3) is 0 Å². The molecule has 0 nitrogen and oxygen atoms in total. The zero-order valence-corrected chi connectivity index (χ0v) is 14.5. The molecule has 0 saturated heterocycles. The first kappa shape index (κ1) is 14.8. The lowest BCUT2D eigenvalue weighted by molar-refractivity contribution is 0.544. The van der Waals surface area contributed by atoms with E-state index in [-0.39, 0.29) is 0 Å². The van der Waals surface area contributed by atoms with Crippen LogP contribution in [-0.4, -0.2) is 8.07 Å². The lowest BCUT2D eigenvalue weighted by Gasteiger charge is -2.38. The second kappa shape index (κ2) is 6.35. The Bertz CT molecular complexity index is 516. The molecule has 2 aliphatic rings. The molecule has 1 fully saturated rings. The van der Waals surface area contributed by atoms with Crippen LogP contribution in [0.4, 0.5) is 0 Å². The number of rotatable bonds is 5. The topological polar surface area (TPSA) is 0 Å². The third-order valence-electron chi connectivity index (χ3n) is 5.87. The second-order valence-electron chi connectivity index (χ2n) is 7.08. The fourth-order valence-electron chi connectivity index (χ4n) is 4.61. The Hall–Kier alpha value is -1.08. The van der Waals surface area contributed by atoms with Crippen LogP contribution >= 0.6 is 0 Å². The molecule has 0 aliphatic heterocycles. The van der Waals surface area contributed by atoms with E-state index < -0.39 is 8.07 Å². The zero-order chi connectivity index (χ0) is 14.7. The van der Waals surface area contributed by atoms with Gasteiger partial charge in [0, 0.05) is 0 Å². The fourth-order valence-corrected chi connectivity index (χ4v) is 9.75. The van der Waals surface area contributed by atoms with Crippen LogP contribution in [0.15, 0.2) is 54.6 Å². The van der Waals surface area contributed by atoms with Gasteiger partial charge in [-0.25, -0.2) is 0 Å². The maximum absolute atomic E-state index is 2.66. The number of unbranched alkanes of at least 4 members (excludes halogenated alkanes) is 1. The van der Waals surface area contributed by atoms with Crippen LogP contribution in [0, 0.1) is 11.8 Å². The van der Waals surface area contributed by atoms with Crippen molar-refractivity contribution >= 4 is 13.3 Å². The van der Waals surface area contributed by atoms with E-state index in [1.54, 1.807) is 5.19 Å². The molecule has 0 aromatic heterocycles. The Morgan fingerprint density at radius 2 is 1.81 bits per heavy atom. The summed E-state index contributed by atoms with van der Waals surface area (Å²) in [5, 5.41) is 1.69. The van der Waals surface area contributed by atoms with Gasteiger partial charge in [0.2, 0.25) is 0 Å². The average molecular weight is 297 g/mol. The minimum Gasteiger partial charge on any atom is -0.0808 e. The van der Waals surface area contributed by atoms with E-state index in [1.165, 1.54) is 31.7 Å². The molecule has 0 bridgehead atoms. The van der Waals surface area contributed by atoms with E-state index >= 15 is 0 Å². The molecule has 1 heteroatoms. The lowest BCUT2D eigenvalue weighted by Crippen LogP contribution is -2.50. The van der Waals surface area contributed by atoms with Crippen molar-refractivity contribution in [2.75, 3.05) is 0 Å². The van der Waals surface area contributed by atoms with Crippen molar-refractivity contribution in [1.29, 1.82) is 0 Å². The minimum atomic E-state index is -1.41. The molecular weight excluding hydrogens is 268 g/mol. The maximum Gasteiger partial charge on any atom is 0.0873 e. The zero-order valence-electron chi connectivity index (χ0n) is 13.5. The number of fused-ring (bicyclic) bond motifs is 1. The standard InChI is InChI=1S/C20H28Si/c1-3-4-16-21(2,18-11-6-5-7-12-18)20-15-14-17-10-8-9-13-19(17)20/h5-13,17,19-20H,3-4,14-16H2,1-2H3. The van der Waals surface area contributed by atoms with Gasteiger partial charge in [-0.15, -0.1) is 0 Å². The molecule has 0 heterocycles. The monoisotopic (exact) mass is 296 g/mol. The Balaban J connectivity index is 1.92. The fraction of sp³-hybridized carbons (Fsp3) is 0.500. The van der Waals surface area contributed by atoms with Crippen molar-refractivity contribution in [2.24, 2.45) is 11.8 Å². The highest BCUT2D eigenvalue weighted by molar-refractivity contribution is 6.92. The Morgan fingerprint density at radius 1 is 1.05 bits per heavy atom. The molecule has 0 N–H and O–H groups in total. The van der Waals surface area contributed by atoms with Gasteiger partial charge in [-0.2, -0.15) is 0 Å². The molecule has 0 radical (unpaired) electrons. The van der Waals surface area contributed by atoms with Crippen LogP contribution in [0.2, 0.25) is 18.1 Å². The van der Waals surface area contributed by atoms with E-state index in [9.17, 15) is 0 Å². The first-order chi connectivity index (χ1) is 10.3. The third kappa shape index (κ3) is 2.81. The summed E-state index contributed by atoms with van der Waals surface area (Å²) in [6.07, 6.45) is 15.1. The van der Waals surface area contributed by atoms with Crippen molar-refractivity contribution in [2.45, 2.75) is 50.7 Å². The van der Waals surface area contributed by atoms with Gasteiger partial charge in [0.05, 0.1) is 8.07 Å². The second-order valence-corrected chi connectivity index (χ2v) is 11.7. The largest absolute Gasteiger partial charge is 0.0873 e. The summed E-state index contributed by atoms with van der Waals surface area (Å²) in [5.41, 5.74) is 0.928. The molecule has 0 amide bonds. The first-order valence-electron chi connectivity index (χ1n) is 8.66. The van der Waals surface area contributed by atoms with Crippen LogP contribution in [0.25, 0.3) is 0 Å². The van der Waals surface area contributed by atoms with Gasteiger partial charge in [-0.3, -0.25) is 0 Å². The quantitative estimate of drug-likeness (QED) is 0.647. The summed E-state index contributed by atoms with van der Waals surface area (Å²) in [5.74, 6) is 1.63. The van der Waals surface area contributed by atoms with E-state index in [1.807, 2.05) is 0 Å². The number of hydrogen-bond acceptors (Lipinski definition) is 0. The summed E-state index contributed by atoms with van der Waals surface area (Å²) >= 11 is 0. The van der Waals surface area contributed by atoms with Crippen LogP contribution in [0.1, 0.15) is 32.6 Å². The summed E-state index contributed by atoms with van der Waals surface area (Å²) < 4.78 is 0. The SMILES string of the molecule is CCCC[Si](C)(c1ccccc1)C1CCC2C=CC=CC21. The molecule has 112 valence electrons. The summed E-state index contributed by atoms with van der Waals surface area (Å²) in [6, 6.07) is 12.9. The predicted octanol–water partition coefficient (Wildman–Crippen LogP) is 5.29. The van der Waals surface area contributed by atoms with Gasteiger partial charge in [-0.05, 0) is 23.8 Å². The Kier molecular flexibility index (Phi) is 4.49. The van der Waals surface area contributed by atoms with Crippen LogP contribution in [-0.2, 0) is 0 Å². The summed E-state index contributed by atoms with van der Waals surface area (Å²) in [4.78, 5) is 0. The van der Waals surface area contributed by atoms with Crippen molar-refractivity contribution in [3.8, 4) is 0 Å². The van der Waals surface area contributed by atoms with Gasteiger partial charge >= 0.3 is 0 Å². The molecule has 3 rings (SSSR count). The highest BCUT2D eigenvalue weighted by atomic mass is 28.3. The van der Waals surface area contributed by atoms with Gasteiger partial charge in [-0.1, -0.05) is 98.6 Å². The molecule has 1 aromatic carbocycles. The van der Waals surface area contributed by atoms with E-state index in [0.717, 1.165) is 17.4 Å². The van der Waals surface area contributed by atoms with Crippen LogP contribution in [0.5, 0.6) is 0 Å². The van der Waals surface area contributed by atoms with Gasteiger partial charge in [0.15, 0.2) is 0 Å². The lowest BCUT2D eigenvalue weighted by atomic mass is 9.92. The minimum absolute atomic E-state index is 0.809. The van der Waals surface area contributed by atoms with Crippen molar-refractivity contribution in [1.82, 2.24) is 0 Å². The van der Waals surface area contributed by atoms with Crippen LogP contribution < -0.4 is 5.19 Å². The van der Waals surface area contributed by atoms with Crippen LogP contribution in [0.3, 0.4) is 0 Å². The predicted molar refractivity (Wildman–Crippen MR) is 95.7 cm³/mol.